The third-order valence-electron chi connectivity index (χ3n) is 5.91. The zero-order valence-corrected chi connectivity index (χ0v) is 16.5. The summed E-state index contributed by atoms with van der Waals surface area (Å²) in [5.74, 6) is 1.43. The molecule has 5 heteroatoms. The molecule has 0 saturated heterocycles. The number of hydrogen-bond acceptors (Lipinski definition) is 3. The molecular formula is C20H30N3OS+. The van der Waals surface area contributed by atoms with Crippen LogP contribution in [0.3, 0.4) is 0 Å². The molecule has 2 N–H and O–H groups in total. The van der Waals surface area contributed by atoms with Gasteiger partial charge in [-0.3, -0.25) is 4.79 Å². The van der Waals surface area contributed by atoms with E-state index >= 15 is 0 Å². The van der Waals surface area contributed by atoms with Crippen molar-refractivity contribution in [2.24, 2.45) is 11.8 Å². The molecule has 3 rings (SSSR count). The van der Waals surface area contributed by atoms with Gasteiger partial charge in [-0.15, -0.1) is 11.3 Å². The highest BCUT2D eigenvalue weighted by molar-refractivity contribution is 7.18. The molecule has 1 aliphatic rings. The van der Waals surface area contributed by atoms with Crippen LogP contribution < -0.4 is 10.2 Å². The van der Waals surface area contributed by atoms with Gasteiger partial charge in [-0.1, -0.05) is 38.8 Å². The number of aromatic nitrogens is 1. The molecule has 1 unspecified atom stereocenters. The SMILES string of the molecule is C[C@H]1[C@@H](NC(=O)C[NH+](C)[C@@H](C)c2nc3ccccc3s2)CCC[C@@H]1C. The predicted molar refractivity (Wildman–Crippen MR) is 104 cm³/mol. The van der Waals surface area contributed by atoms with Crippen molar-refractivity contribution in [1.82, 2.24) is 10.3 Å². The maximum Gasteiger partial charge on any atom is 0.275 e. The number of nitrogens with zero attached hydrogens (tertiary/aromatic N) is 1. The lowest BCUT2D eigenvalue weighted by Crippen LogP contribution is -3.10. The van der Waals surface area contributed by atoms with Gasteiger partial charge in [-0.25, -0.2) is 4.98 Å². The summed E-state index contributed by atoms with van der Waals surface area (Å²) in [5, 5.41) is 4.39. The van der Waals surface area contributed by atoms with Gasteiger partial charge in [0.2, 0.25) is 0 Å². The zero-order chi connectivity index (χ0) is 18.0. The van der Waals surface area contributed by atoms with Crippen LogP contribution in [-0.4, -0.2) is 30.5 Å². The lowest BCUT2D eigenvalue weighted by Gasteiger charge is -2.34. The number of benzene rings is 1. The highest BCUT2D eigenvalue weighted by atomic mass is 32.1. The molecule has 1 aromatic heterocycles. The van der Waals surface area contributed by atoms with Gasteiger partial charge < -0.3 is 10.2 Å². The molecule has 1 aromatic carbocycles. The maximum atomic E-state index is 12.5. The summed E-state index contributed by atoms with van der Waals surface area (Å²) in [7, 11) is 2.09. The van der Waals surface area contributed by atoms with E-state index < -0.39 is 0 Å². The van der Waals surface area contributed by atoms with Gasteiger partial charge in [0.1, 0.15) is 6.04 Å². The van der Waals surface area contributed by atoms with Crippen LogP contribution in [-0.2, 0) is 4.79 Å². The molecule has 1 heterocycles. The number of fused-ring (bicyclic) bond motifs is 1. The van der Waals surface area contributed by atoms with Gasteiger partial charge >= 0.3 is 0 Å². The van der Waals surface area contributed by atoms with E-state index in [1.54, 1.807) is 11.3 Å². The Morgan fingerprint density at radius 2 is 2.12 bits per heavy atom. The Kier molecular flexibility index (Phi) is 5.74. The molecule has 0 aliphatic heterocycles. The third-order valence-corrected chi connectivity index (χ3v) is 7.13. The number of amides is 1. The van der Waals surface area contributed by atoms with Gasteiger partial charge in [0.15, 0.2) is 11.6 Å². The van der Waals surface area contributed by atoms with Gasteiger partial charge in [-0.2, -0.15) is 0 Å². The van der Waals surface area contributed by atoms with Gasteiger partial charge in [-0.05, 0) is 37.3 Å². The number of para-hydroxylation sites is 1. The Morgan fingerprint density at radius 3 is 2.88 bits per heavy atom. The average Bonchev–Trinajstić information content (AvgIpc) is 3.02. The second-order valence-corrected chi connectivity index (χ2v) is 8.77. The maximum absolute atomic E-state index is 12.5. The minimum Gasteiger partial charge on any atom is -0.348 e. The Hall–Kier alpha value is -1.46. The normalized spacial score (nSPS) is 26.3. The first-order chi connectivity index (χ1) is 12.0. The lowest BCUT2D eigenvalue weighted by molar-refractivity contribution is -0.902. The molecule has 4 nitrogen and oxygen atoms in total. The summed E-state index contributed by atoms with van der Waals surface area (Å²) in [6, 6.07) is 8.78. The molecule has 1 aliphatic carbocycles. The van der Waals surface area contributed by atoms with Crippen molar-refractivity contribution in [2.45, 2.75) is 52.1 Å². The van der Waals surface area contributed by atoms with Crippen LogP contribution in [0.15, 0.2) is 24.3 Å². The second-order valence-electron chi connectivity index (χ2n) is 7.71. The van der Waals surface area contributed by atoms with Gasteiger partial charge in [0, 0.05) is 6.04 Å². The number of carbonyl (C=O) groups excluding carboxylic acids is 1. The van der Waals surface area contributed by atoms with Gasteiger partial charge in [0.25, 0.3) is 5.91 Å². The first-order valence-electron chi connectivity index (χ1n) is 9.43. The number of carbonyl (C=O) groups is 1. The van der Waals surface area contributed by atoms with Crippen LogP contribution in [0.1, 0.15) is 51.1 Å². The molecule has 1 amide bonds. The second kappa shape index (κ2) is 7.83. The summed E-state index contributed by atoms with van der Waals surface area (Å²) in [4.78, 5) is 18.5. The van der Waals surface area contributed by atoms with E-state index in [9.17, 15) is 4.79 Å². The van der Waals surface area contributed by atoms with E-state index in [-0.39, 0.29) is 11.9 Å². The van der Waals surface area contributed by atoms with Crippen LogP contribution >= 0.6 is 11.3 Å². The summed E-state index contributed by atoms with van der Waals surface area (Å²) >= 11 is 1.73. The van der Waals surface area contributed by atoms with Crippen LogP contribution in [0.5, 0.6) is 0 Å². The molecular weight excluding hydrogens is 330 g/mol. The number of likely N-dealkylation sites (N-methyl/N-ethyl adjacent to an activating group) is 1. The first kappa shape index (κ1) is 18.3. The highest BCUT2D eigenvalue weighted by Crippen LogP contribution is 2.29. The summed E-state index contributed by atoms with van der Waals surface area (Å²) in [6.07, 6.45) is 3.62. The minimum absolute atomic E-state index is 0.163. The molecule has 1 fully saturated rings. The van der Waals surface area contributed by atoms with Crippen LogP contribution in [0, 0.1) is 11.8 Å². The van der Waals surface area contributed by atoms with E-state index in [4.69, 9.17) is 4.98 Å². The fourth-order valence-corrected chi connectivity index (χ4v) is 4.85. The third kappa shape index (κ3) is 4.21. The summed E-state index contributed by atoms with van der Waals surface area (Å²) < 4.78 is 1.21. The highest BCUT2D eigenvalue weighted by Gasteiger charge is 2.29. The van der Waals surface area contributed by atoms with Crippen molar-refractivity contribution in [3.63, 3.8) is 0 Å². The van der Waals surface area contributed by atoms with E-state index in [0.29, 0.717) is 24.4 Å². The van der Waals surface area contributed by atoms with Crippen molar-refractivity contribution < 1.29 is 9.69 Å². The molecule has 0 spiro atoms. The fraction of sp³-hybridized carbons (Fsp3) is 0.600. The number of rotatable bonds is 5. The average molecular weight is 361 g/mol. The van der Waals surface area contributed by atoms with Gasteiger partial charge in [0.05, 0.1) is 17.3 Å². The van der Waals surface area contributed by atoms with Crippen LogP contribution in [0.4, 0.5) is 0 Å². The van der Waals surface area contributed by atoms with E-state index in [1.165, 1.54) is 22.4 Å². The predicted octanol–water partition coefficient (Wildman–Crippen LogP) is 2.81. The zero-order valence-electron chi connectivity index (χ0n) is 15.7. The molecule has 0 bridgehead atoms. The molecule has 136 valence electrons. The van der Waals surface area contributed by atoms with E-state index in [1.807, 2.05) is 12.1 Å². The first-order valence-corrected chi connectivity index (χ1v) is 10.2. The van der Waals surface area contributed by atoms with Crippen molar-refractivity contribution >= 4 is 27.5 Å². The summed E-state index contributed by atoms with van der Waals surface area (Å²) in [6.45, 7) is 7.23. The van der Waals surface area contributed by atoms with Crippen LogP contribution in [0.2, 0.25) is 0 Å². The van der Waals surface area contributed by atoms with E-state index in [2.05, 4.69) is 45.3 Å². The molecule has 25 heavy (non-hydrogen) atoms. The summed E-state index contributed by atoms with van der Waals surface area (Å²) in [5.41, 5.74) is 1.05. The number of quaternary nitrogens is 1. The Morgan fingerprint density at radius 1 is 1.36 bits per heavy atom. The largest absolute Gasteiger partial charge is 0.348 e. The molecule has 5 atom stereocenters. The van der Waals surface area contributed by atoms with Crippen molar-refractivity contribution in [1.29, 1.82) is 0 Å². The Labute approximate surface area is 154 Å². The number of thiazole rings is 1. The molecule has 0 radical (unpaired) electrons. The molecule has 2 aromatic rings. The Bertz CT molecular complexity index is 696. The fourth-order valence-electron chi connectivity index (χ4n) is 3.74. The topological polar surface area (TPSA) is 46.4 Å². The number of hydrogen-bond donors (Lipinski definition) is 2. The number of nitrogens with one attached hydrogen (secondary N) is 2. The van der Waals surface area contributed by atoms with Crippen molar-refractivity contribution in [3.8, 4) is 0 Å². The van der Waals surface area contributed by atoms with E-state index in [0.717, 1.165) is 16.9 Å². The smallest absolute Gasteiger partial charge is 0.275 e. The molecule has 1 saturated carbocycles. The quantitative estimate of drug-likeness (QED) is 0.861. The minimum atomic E-state index is 0.163. The Balaban J connectivity index is 1.58. The monoisotopic (exact) mass is 360 g/mol. The van der Waals surface area contributed by atoms with Crippen LogP contribution in [0.25, 0.3) is 10.2 Å². The standard InChI is InChI=1S/C20H29N3OS/c1-13-8-7-10-16(14(13)2)21-19(24)12-23(4)15(3)20-22-17-9-5-6-11-18(17)25-20/h5-6,9,11,13-16H,7-8,10,12H2,1-4H3,(H,21,24)/p+1/t13-,14+,15-,16-/m0/s1. The van der Waals surface area contributed by atoms with Crippen molar-refractivity contribution in [3.05, 3.63) is 29.3 Å². The lowest BCUT2D eigenvalue weighted by atomic mass is 9.78. The van der Waals surface area contributed by atoms with Crippen molar-refractivity contribution in [2.75, 3.05) is 13.6 Å².